The molecule has 0 aliphatic heterocycles. The molecule has 42 heavy (non-hydrogen) atoms. The number of para-hydroxylation sites is 4. The first-order chi connectivity index (χ1) is 18.9. The first-order valence-electron chi connectivity index (χ1n) is 10.8. The van der Waals surface area contributed by atoms with E-state index in [1.54, 1.807) is 0 Å². The number of carboxylic acids is 4. The van der Waals surface area contributed by atoms with Crippen LogP contribution in [0, 0.1) is 0 Å². The van der Waals surface area contributed by atoms with E-state index in [9.17, 15) is 39.6 Å². The number of rotatable bonds is 4. The second-order valence-corrected chi connectivity index (χ2v) is 7.21. The van der Waals surface area contributed by atoms with Gasteiger partial charge in [0.15, 0.2) is 0 Å². The molecule has 4 rings (SSSR count). The van der Waals surface area contributed by atoms with Gasteiger partial charge in [-0.15, -0.1) is 0 Å². The van der Waals surface area contributed by atoms with Gasteiger partial charge in [-0.1, -0.05) is 95.8 Å². The van der Waals surface area contributed by atoms with Crippen LogP contribution in [0.5, 0.6) is 23.0 Å². The molecule has 0 unspecified atom stereocenters. The number of carboxylic acid groups (broad SMARTS) is 4. The van der Waals surface area contributed by atoms with Gasteiger partial charge in [-0.3, -0.25) is 0 Å². The molecule has 12 nitrogen and oxygen atoms in total. The summed E-state index contributed by atoms with van der Waals surface area (Å²) in [5.74, 6) is -6.50. The molecule has 0 amide bonds. The molecule has 4 aromatic carbocycles. The van der Waals surface area contributed by atoms with Crippen molar-refractivity contribution in [2.75, 3.05) is 0 Å². The van der Waals surface area contributed by atoms with Crippen LogP contribution < -0.4 is 20.4 Å². The van der Waals surface area contributed by atoms with Crippen LogP contribution in [0.1, 0.15) is 41.4 Å². The van der Waals surface area contributed by atoms with E-state index in [2.05, 4.69) is 0 Å². The van der Waals surface area contributed by atoms with E-state index in [0.717, 1.165) is 0 Å². The van der Waals surface area contributed by atoms with Crippen molar-refractivity contribution in [1.82, 2.24) is 0 Å². The van der Waals surface area contributed by atoms with Crippen molar-refractivity contribution in [2.24, 2.45) is 0 Å². The average molecular weight is 798 g/mol. The second kappa shape index (κ2) is 21.2. The summed E-state index contributed by atoms with van der Waals surface area (Å²) in [4.78, 5) is 40.9. The maximum Gasteiger partial charge on any atom is 2.00 e. The van der Waals surface area contributed by atoms with Gasteiger partial charge >= 0.3 is 100 Å². The zero-order chi connectivity index (χ0) is 30.2. The van der Waals surface area contributed by atoms with Gasteiger partial charge in [0.1, 0.15) is 0 Å². The molecule has 0 spiro atoms. The van der Waals surface area contributed by atoms with Gasteiger partial charge in [-0.25, -0.2) is 19.2 Å². The SMILES string of the molecule is O=C(O)c1ccccc1[O-].O=C(O)c1ccccc1[O-].O=C(O)c1ccccc1[O-].O=C(O)c1ccccc1[O-].[Ba+2].[Cd+2]. The zero-order valence-electron chi connectivity index (χ0n) is 21.7. The van der Waals surface area contributed by atoms with E-state index in [1.165, 1.54) is 97.1 Å². The van der Waals surface area contributed by atoms with E-state index in [1.807, 2.05) is 0 Å². The maximum absolute atomic E-state index is 10.7. The molecule has 4 N–H and O–H groups in total. The van der Waals surface area contributed by atoms with Crippen LogP contribution in [0.3, 0.4) is 0 Å². The fourth-order valence-electron chi connectivity index (χ4n) is 2.57. The summed E-state index contributed by atoms with van der Waals surface area (Å²) < 4.78 is 0. The molecule has 208 valence electrons. The van der Waals surface area contributed by atoms with Crippen molar-refractivity contribution in [1.29, 1.82) is 0 Å². The number of benzene rings is 4. The van der Waals surface area contributed by atoms with Gasteiger partial charge < -0.3 is 40.9 Å². The fourth-order valence-corrected chi connectivity index (χ4v) is 2.57. The molecule has 0 fully saturated rings. The van der Waals surface area contributed by atoms with E-state index in [4.69, 9.17) is 20.4 Å². The molecule has 0 radical (unpaired) electrons. The Morgan fingerprint density at radius 1 is 0.381 bits per heavy atom. The van der Waals surface area contributed by atoms with Crippen molar-refractivity contribution in [3.05, 3.63) is 119 Å². The van der Waals surface area contributed by atoms with Crippen molar-refractivity contribution < 1.29 is 87.3 Å². The Morgan fingerprint density at radius 3 is 0.619 bits per heavy atom. The zero-order valence-corrected chi connectivity index (χ0v) is 30.2. The molecule has 0 aromatic heterocycles. The van der Waals surface area contributed by atoms with Crippen molar-refractivity contribution in [3.63, 3.8) is 0 Å². The third kappa shape index (κ3) is 14.4. The molecular weight excluding hydrogens is 778 g/mol. The second-order valence-electron chi connectivity index (χ2n) is 7.21. The predicted molar refractivity (Wildman–Crippen MR) is 137 cm³/mol. The van der Waals surface area contributed by atoms with E-state index < -0.39 is 46.9 Å². The van der Waals surface area contributed by atoms with Crippen LogP contribution in [-0.2, 0) is 27.3 Å². The monoisotopic (exact) mass is 800 g/mol. The summed E-state index contributed by atoms with van der Waals surface area (Å²) in [6.07, 6.45) is 0. The van der Waals surface area contributed by atoms with Crippen LogP contribution >= 0.6 is 0 Å². The Bertz CT molecular complexity index is 1250. The summed E-state index contributed by atoms with van der Waals surface area (Å²) in [6, 6.07) is 22.1. The molecule has 0 saturated carbocycles. The van der Waals surface area contributed by atoms with Gasteiger partial charge in [0.2, 0.25) is 0 Å². The predicted octanol–water partition coefficient (Wildman–Crippen LogP) is 1.45. The Kier molecular flexibility index (Phi) is 20.5. The smallest absolute Gasteiger partial charge is 0.872 e. The summed E-state index contributed by atoms with van der Waals surface area (Å²) in [5.41, 5.74) is -0.713. The Labute approximate surface area is 299 Å². The van der Waals surface area contributed by atoms with Crippen LogP contribution in [0.15, 0.2) is 97.1 Å². The standard InChI is InChI=1S/4C7H6O3.Ba.Cd/c4*8-6-4-2-1-3-5(6)7(9)10;;/h4*1-4,8H,(H,9,10);;/q;;;;2*+2/p-4. The Hall–Kier alpha value is -3.55. The average Bonchev–Trinajstić information content (AvgIpc) is 2.90. The minimum atomic E-state index is -1.18. The first-order valence-corrected chi connectivity index (χ1v) is 10.8. The molecule has 0 aliphatic carbocycles. The molecule has 0 saturated heterocycles. The van der Waals surface area contributed by atoms with Gasteiger partial charge in [-0.05, 0) is 24.3 Å². The number of hydrogen-bond donors (Lipinski definition) is 4. The van der Waals surface area contributed by atoms with E-state index in [-0.39, 0.29) is 98.4 Å². The first kappa shape index (κ1) is 40.6. The molecule has 4 aromatic rings. The summed E-state index contributed by atoms with van der Waals surface area (Å²) in [5, 5.41) is 76.2. The van der Waals surface area contributed by atoms with Gasteiger partial charge in [0.05, 0.1) is 22.3 Å². The Balaban J connectivity index is 0. The van der Waals surface area contributed by atoms with Crippen molar-refractivity contribution in [3.8, 4) is 23.0 Å². The molecule has 0 bridgehead atoms. The number of aromatic carboxylic acids is 4. The number of carbonyl (C=O) groups is 4. The van der Waals surface area contributed by atoms with E-state index in [0.29, 0.717) is 0 Å². The van der Waals surface area contributed by atoms with Crippen LogP contribution in [0.25, 0.3) is 0 Å². The largest absolute Gasteiger partial charge is 2.00 e. The normalized spacial score (nSPS) is 8.76. The van der Waals surface area contributed by atoms with Gasteiger partial charge in [0.25, 0.3) is 0 Å². The van der Waals surface area contributed by atoms with E-state index >= 15 is 0 Å². The van der Waals surface area contributed by atoms with Gasteiger partial charge in [-0.2, -0.15) is 0 Å². The van der Waals surface area contributed by atoms with Crippen LogP contribution in [-0.4, -0.2) is 93.2 Å². The molecule has 14 heteroatoms. The minimum Gasteiger partial charge on any atom is -0.872 e. The molecular formula is C28H20BaCdO12. The molecule has 0 atom stereocenters. The van der Waals surface area contributed by atoms with Crippen LogP contribution in [0.2, 0.25) is 0 Å². The Morgan fingerprint density at radius 2 is 0.524 bits per heavy atom. The molecule has 0 heterocycles. The third-order valence-electron chi connectivity index (χ3n) is 4.47. The summed E-state index contributed by atoms with van der Waals surface area (Å²) in [7, 11) is 0. The summed E-state index contributed by atoms with van der Waals surface area (Å²) >= 11 is 0. The fraction of sp³-hybridized carbons (Fsp3) is 0. The van der Waals surface area contributed by atoms with Crippen LogP contribution in [0.4, 0.5) is 0 Å². The molecule has 0 aliphatic rings. The van der Waals surface area contributed by atoms with Crippen molar-refractivity contribution >= 4 is 72.8 Å². The van der Waals surface area contributed by atoms with Gasteiger partial charge in [0, 0.05) is 0 Å². The minimum absolute atomic E-state index is 0. The number of hydrogen-bond acceptors (Lipinski definition) is 8. The summed E-state index contributed by atoms with van der Waals surface area (Å²) in [6.45, 7) is 0. The third-order valence-corrected chi connectivity index (χ3v) is 4.47. The topological polar surface area (TPSA) is 241 Å². The van der Waals surface area contributed by atoms with Crippen molar-refractivity contribution in [2.45, 2.75) is 0 Å². The maximum atomic E-state index is 10.7. The quantitative estimate of drug-likeness (QED) is 0.215.